The zero-order valence-corrected chi connectivity index (χ0v) is 12.6. The second kappa shape index (κ2) is 7.04. The fourth-order valence-electron chi connectivity index (χ4n) is 1.79. The first kappa shape index (κ1) is 15.4. The lowest BCUT2D eigenvalue weighted by atomic mass is 10.1. The predicted molar refractivity (Wildman–Crippen MR) is 68.7 cm³/mol. The maximum absolute atomic E-state index is 12.1. The molecule has 1 aromatic carbocycles. The molecule has 0 N–H and O–H groups in total. The van der Waals surface area contributed by atoms with Crippen molar-refractivity contribution in [1.82, 2.24) is 0 Å². The fourth-order valence-corrected chi connectivity index (χ4v) is 1.79. The predicted octanol–water partition coefficient (Wildman–Crippen LogP) is -0.822. The number of benzene rings is 1. The molecule has 0 saturated heterocycles. The highest BCUT2D eigenvalue weighted by Gasteiger charge is 2.11. The van der Waals surface area contributed by atoms with Crippen molar-refractivity contribution in [2.24, 2.45) is 0 Å². The number of carbonyl (C=O) groups is 1. The molecule has 0 aliphatic rings. The first-order chi connectivity index (χ1) is 8.69. The first-order valence-electron chi connectivity index (χ1n) is 5.82. The first-order valence-corrected chi connectivity index (χ1v) is 5.82. The number of hydrogen-bond acceptors (Lipinski definition) is 2. The van der Waals surface area contributed by atoms with E-state index >= 15 is 0 Å². The number of halogens is 1. The Bertz CT molecular complexity index is 552. The van der Waals surface area contributed by atoms with Gasteiger partial charge in [0.2, 0.25) is 12.3 Å². The summed E-state index contributed by atoms with van der Waals surface area (Å²) >= 11 is 0. The molecule has 19 heavy (non-hydrogen) atoms. The van der Waals surface area contributed by atoms with Crippen LogP contribution in [-0.4, -0.2) is 12.9 Å². The van der Waals surface area contributed by atoms with E-state index < -0.39 is 0 Å². The Kier molecular flexibility index (Phi) is 5.70. The molecule has 2 rings (SSSR count). The molecule has 0 atom stereocenters. The zero-order chi connectivity index (χ0) is 13.0. The van der Waals surface area contributed by atoms with Crippen molar-refractivity contribution < 1.29 is 31.1 Å². The largest absolute Gasteiger partial charge is 1.00 e. The molecule has 100 valence electrons. The molecule has 0 unspecified atom stereocenters. The molecule has 0 aliphatic carbocycles. The van der Waals surface area contributed by atoms with Crippen LogP contribution >= 0.6 is 0 Å². The van der Waals surface area contributed by atoms with Crippen molar-refractivity contribution in [2.75, 3.05) is 7.11 Å². The van der Waals surface area contributed by atoms with Crippen LogP contribution in [0.1, 0.15) is 15.9 Å². The second-order valence-electron chi connectivity index (χ2n) is 4.21. The third-order valence-electron chi connectivity index (χ3n) is 2.74. The minimum absolute atomic E-state index is 0. The zero-order valence-electron chi connectivity index (χ0n) is 11.0. The van der Waals surface area contributed by atoms with Gasteiger partial charge < -0.3 is 21.7 Å². The molecule has 0 bridgehead atoms. The molecule has 0 fully saturated rings. The Morgan fingerprint density at radius 3 is 2.47 bits per heavy atom. The Labute approximate surface area is 123 Å². The monoisotopic (exact) mass is 321 g/mol. The number of pyridine rings is 1. The van der Waals surface area contributed by atoms with Crippen LogP contribution in [0.3, 0.4) is 0 Å². The van der Waals surface area contributed by atoms with E-state index in [-0.39, 0.29) is 22.8 Å². The highest BCUT2D eigenvalue weighted by Crippen LogP contribution is 2.11. The SMILES string of the molecule is COc1ccc(C(=O)C[n+]2cccc(C)c2)cc1.[Br-]. The van der Waals surface area contributed by atoms with Crippen molar-refractivity contribution in [2.45, 2.75) is 13.5 Å². The van der Waals surface area contributed by atoms with Gasteiger partial charge in [-0.1, -0.05) is 0 Å². The Balaban J connectivity index is 0.00000180. The van der Waals surface area contributed by atoms with Crippen LogP contribution in [0.5, 0.6) is 5.75 Å². The minimum atomic E-state index is 0. The maximum Gasteiger partial charge on any atom is 0.227 e. The summed E-state index contributed by atoms with van der Waals surface area (Å²) in [5, 5.41) is 0. The lowest BCUT2D eigenvalue weighted by molar-refractivity contribution is -0.683. The van der Waals surface area contributed by atoms with E-state index in [0.29, 0.717) is 12.1 Å². The van der Waals surface area contributed by atoms with Crippen LogP contribution in [-0.2, 0) is 6.54 Å². The van der Waals surface area contributed by atoms with Gasteiger partial charge in [0.25, 0.3) is 0 Å². The van der Waals surface area contributed by atoms with Gasteiger partial charge in [-0.05, 0) is 37.3 Å². The van der Waals surface area contributed by atoms with Crippen LogP contribution in [0.15, 0.2) is 48.8 Å². The molecule has 1 aromatic heterocycles. The number of rotatable bonds is 4. The van der Waals surface area contributed by atoms with Gasteiger partial charge in [-0.25, -0.2) is 0 Å². The third kappa shape index (κ3) is 4.17. The summed E-state index contributed by atoms with van der Waals surface area (Å²) in [6, 6.07) is 11.1. The molecule has 2 aromatic rings. The van der Waals surface area contributed by atoms with Gasteiger partial charge in [0.05, 0.1) is 7.11 Å². The van der Waals surface area contributed by atoms with Gasteiger partial charge >= 0.3 is 0 Å². The number of hydrogen-bond donors (Lipinski definition) is 0. The van der Waals surface area contributed by atoms with Crippen LogP contribution in [0.25, 0.3) is 0 Å². The smallest absolute Gasteiger partial charge is 0.227 e. The number of carbonyl (C=O) groups excluding carboxylic acids is 1. The molecular weight excluding hydrogens is 306 g/mol. The second-order valence-corrected chi connectivity index (χ2v) is 4.21. The number of aromatic nitrogens is 1. The van der Waals surface area contributed by atoms with E-state index in [1.165, 1.54) is 0 Å². The standard InChI is InChI=1S/C15H16NO2.BrH/c1-12-4-3-9-16(10-12)11-15(17)13-5-7-14(18-2)8-6-13;/h3-10H,11H2,1-2H3;1H/q+1;/p-1. The summed E-state index contributed by atoms with van der Waals surface area (Å²) in [4.78, 5) is 12.1. The Morgan fingerprint density at radius 2 is 1.89 bits per heavy atom. The average molecular weight is 322 g/mol. The van der Waals surface area contributed by atoms with Gasteiger partial charge in [-0.3, -0.25) is 4.79 Å². The maximum atomic E-state index is 12.1. The number of ketones is 1. The van der Waals surface area contributed by atoms with Gasteiger partial charge in [-0.2, -0.15) is 4.57 Å². The minimum Gasteiger partial charge on any atom is -1.00 e. The average Bonchev–Trinajstić information content (AvgIpc) is 2.39. The van der Waals surface area contributed by atoms with Crippen molar-refractivity contribution in [3.05, 3.63) is 59.9 Å². The van der Waals surface area contributed by atoms with Gasteiger partial charge in [0.15, 0.2) is 12.4 Å². The van der Waals surface area contributed by atoms with E-state index in [4.69, 9.17) is 4.74 Å². The van der Waals surface area contributed by atoms with Crippen molar-refractivity contribution in [3.63, 3.8) is 0 Å². The molecule has 0 amide bonds. The Morgan fingerprint density at radius 1 is 1.21 bits per heavy atom. The molecule has 0 saturated carbocycles. The lowest BCUT2D eigenvalue weighted by Gasteiger charge is -2.01. The van der Waals surface area contributed by atoms with E-state index in [1.807, 2.05) is 36.0 Å². The molecule has 1 heterocycles. The van der Waals surface area contributed by atoms with Crippen molar-refractivity contribution in [1.29, 1.82) is 0 Å². The highest BCUT2D eigenvalue weighted by atomic mass is 79.9. The molecular formula is C15H16BrNO2. The quantitative estimate of drug-likeness (QED) is 0.544. The molecule has 0 spiro atoms. The third-order valence-corrected chi connectivity index (χ3v) is 2.74. The van der Waals surface area contributed by atoms with Crippen molar-refractivity contribution >= 4 is 5.78 Å². The van der Waals surface area contributed by atoms with Gasteiger partial charge in [0, 0.05) is 17.2 Å². The van der Waals surface area contributed by atoms with Crippen LogP contribution in [0.2, 0.25) is 0 Å². The molecule has 3 nitrogen and oxygen atoms in total. The summed E-state index contributed by atoms with van der Waals surface area (Å²) in [5.74, 6) is 0.850. The van der Waals surface area contributed by atoms with E-state index in [2.05, 4.69) is 0 Å². The lowest BCUT2D eigenvalue weighted by Crippen LogP contribution is -3.00. The summed E-state index contributed by atoms with van der Waals surface area (Å²) < 4.78 is 6.96. The summed E-state index contributed by atoms with van der Waals surface area (Å²) in [7, 11) is 1.61. The van der Waals surface area contributed by atoms with E-state index in [0.717, 1.165) is 11.3 Å². The van der Waals surface area contributed by atoms with Crippen LogP contribution in [0.4, 0.5) is 0 Å². The van der Waals surface area contributed by atoms with Gasteiger partial charge in [-0.15, -0.1) is 0 Å². The number of Topliss-reactive ketones (excluding diaryl/α,β-unsaturated/α-hetero) is 1. The van der Waals surface area contributed by atoms with E-state index in [1.54, 1.807) is 31.4 Å². The van der Waals surface area contributed by atoms with Crippen LogP contribution in [0, 0.1) is 6.92 Å². The fraction of sp³-hybridized carbons (Fsp3) is 0.200. The summed E-state index contributed by atoms with van der Waals surface area (Å²) in [6.45, 7) is 2.36. The number of methoxy groups -OCH3 is 1. The Hall–Kier alpha value is -1.68. The van der Waals surface area contributed by atoms with E-state index in [9.17, 15) is 4.79 Å². The highest BCUT2D eigenvalue weighted by molar-refractivity contribution is 5.95. The molecule has 0 aliphatic heterocycles. The number of nitrogens with zero attached hydrogens (tertiary/aromatic N) is 1. The summed E-state index contributed by atoms with van der Waals surface area (Å²) in [5.41, 5.74) is 1.84. The van der Waals surface area contributed by atoms with Gasteiger partial charge in [0.1, 0.15) is 5.75 Å². The van der Waals surface area contributed by atoms with Crippen LogP contribution < -0.4 is 26.3 Å². The normalized spacial score (nSPS) is 9.58. The number of ether oxygens (including phenoxy) is 1. The molecule has 0 radical (unpaired) electrons. The number of aryl methyl sites for hydroxylation is 1. The summed E-state index contributed by atoms with van der Waals surface area (Å²) in [6.07, 6.45) is 3.86. The topological polar surface area (TPSA) is 30.2 Å². The molecule has 4 heteroatoms. The van der Waals surface area contributed by atoms with Crippen molar-refractivity contribution in [3.8, 4) is 5.75 Å².